The summed E-state index contributed by atoms with van der Waals surface area (Å²) < 4.78 is 9.82. The van der Waals surface area contributed by atoms with Crippen LogP contribution in [-0.2, 0) is 19.1 Å². The molecule has 1 saturated heterocycles. The first kappa shape index (κ1) is 21.5. The molecule has 1 aliphatic heterocycles. The van der Waals surface area contributed by atoms with E-state index in [1.807, 2.05) is 0 Å². The summed E-state index contributed by atoms with van der Waals surface area (Å²) in [6, 6.07) is 6.19. The molecule has 0 aliphatic carbocycles. The maximum absolute atomic E-state index is 12.1. The van der Waals surface area contributed by atoms with Gasteiger partial charge in [-0.15, -0.1) is 0 Å². The van der Waals surface area contributed by atoms with Gasteiger partial charge < -0.3 is 24.6 Å². The highest BCUT2D eigenvalue weighted by Crippen LogP contribution is 2.09. The summed E-state index contributed by atoms with van der Waals surface area (Å²) in [5.74, 6) is -1.53. The van der Waals surface area contributed by atoms with Crippen LogP contribution in [0.25, 0.3) is 0 Å². The fraction of sp³-hybridized carbons (Fsp3) is 0.444. The molecule has 1 N–H and O–H groups in total. The van der Waals surface area contributed by atoms with Gasteiger partial charge in [-0.2, -0.15) is 0 Å². The summed E-state index contributed by atoms with van der Waals surface area (Å²) in [4.78, 5) is 50.4. The zero-order valence-corrected chi connectivity index (χ0v) is 16.2. The zero-order chi connectivity index (χ0) is 20.5. The predicted molar refractivity (Wildman–Crippen MR) is 99.9 cm³/mol. The molecule has 1 fully saturated rings. The smallest absolute Gasteiger partial charge is 0.409 e. The fourth-order valence-electron chi connectivity index (χ4n) is 2.49. The quantitative estimate of drug-likeness (QED) is 0.698. The molecule has 0 radical (unpaired) electrons. The molecule has 1 aromatic carbocycles. The Kier molecular flexibility index (Phi) is 8.06. The van der Waals surface area contributed by atoms with Crippen LogP contribution < -0.4 is 5.32 Å². The lowest BCUT2D eigenvalue weighted by Gasteiger charge is -2.33. The van der Waals surface area contributed by atoms with Gasteiger partial charge in [0.05, 0.1) is 6.61 Å². The van der Waals surface area contributed by atoms with Gasteiger partial charge in [0.1, 0.15) is 6.54 Å². The normalized spacial score (nSPS) is 13.6. The predicted octanol–water partition coefficient (Wildman–Crippen LogP) is 0.914. The van der Waals surface area contributed by atoms with E-state index in [4.69, 9.17) is 21.1 Å². The number of nitrogens with zero attached hydrogens (tertiary/aromatic N) is 2. The molecule has 0 bridgehead atoms. The Balaban J connectivity index is 1.67. The number of ether oxygens (including phenoxy) is 2. The van der Waals surface area contributed by atoms with E-state index >= 15 is 0 Å². The standard InChI is InChI=1S/C18H22ClN3O6/c1-2-27-18(26)22-9-7-21(8-10-22)15(23)12-28-16(24)11-20-17(25)13-3-5-14(19)6-4-13/h3-6H,2,7-12H2,1H3,(H,20,25). The van der Waals surface area contributed by atoms with Gasteiger partial charge >= 0.3 is 12.1 Å². The number of nitrogens with one attached hydrogen (secondary N) is 1. The molecule has 152 valence electrons. The first-order chi connectivity index (χ1) is 13.4. The summed E-state index contributed by atoms with van der Waals surface area (Å²) in [5, 5.41) is 2.91. The van der Waals surface area contributed by atoms with Crippen LogP contribution in [0.1, 0.15) is 17.3 Å². The molecule has 28 heavy (non-hydrogen) atoms. The van der Waals surface area contributed by atoms with Gasteiger partial charge in [0.2, 0.25) is 0 Å². The Morgan fingerprint density at radius 2 is 1.61 bits per heavy atom. The molecule has 1 aliphatic rings. The van der Waals surface area contributed by atoms with Gasteiger partial charge in [0, 0.05) is 36.8 Å². The van der Waals surface area contributed by atoms with Crippen LogP contribution in [0.2, 0.25) is 5.02 Å². The number of carbonyl (C=O) groups is 4. The van der Waals surface area contributed by atoms with Crippen molar-refractivity contribution >= 4 is 35.5 Å². The minimum absolute atomic E-state index is 0.294. The number of hydrogen-bond donors (Lipinski definition) is 1. The molecule has 10 heteroatoms. The van der Waals surface area contributed by atoms with Crippen molar-refractivity contribution in [3.63, 3.8) is 0 Å². The molecule has 1 heterocycles. The van der Waals surface area contributed by atoms with Gasteiger partial charge in [0.25, 0.3) is 11.8 Å². The van der Waals surface area contributed by atoms with E-state index in [9.17, 15) is 19.2 Å². The Labute approximate surface area is 167 Å². The van der Waals surface area contributed by atoms with Crippen LogP contribution in [0.5, 0.6) is 0 Å². The van der Waals surface area contributed by atoms with Gasteiger partial charge in [-0.1, -0.05) is 11.6 Å². The van der Waals surface area contributed by atoms with Crippen molar-refractivity contribution in [2.45, 2.75) is 6.92 Å². The summed E-state index contributed by atoms with van der Waals surface area (Å²) in [7, 11) is 0. The Morgan fingerprint density at radius 3 is 2.21 bits per heavy atom. The van der Waals surface area contributed by atoms with Crippen molar-refractivity contribution in [3.8, 4) is 0 Å². The lowest BCUT2D eigenvalue weighted by Crippen LogP contribution is -2.51. The highest BCUT2D eigenvalue weighted by atomic mass is 35.5. The number of piperazine rings is 1. The average Bonchev–Trinajstić information content (AvgIpc) is 2.71. The number of halogens is 1. The number of carbonyl (C=O) groups excluding carboxylic acids is 4. The number of esters is 1. The largest absolute Gasteiger partial charge is 0.454 e. The molecule has 0 spiro atoms. The van der Waals surface area contributed by atoms with Crippen molar-refractivity contribution in [3.05, 3.63) is 34.9 Å². The zero-order valence-electron chi connectivity index (χ0n) is 15.5. The molecule has 1 aromatic rings. The van der Waals surface area contributed by atoms with Crippen LogP contribution in [0.15, 0.2) is 24.3 Å². The summed E-state index contributed by atoms with van der Waals surface area (Å²) in [5.41, 5.74) is 0.354. The van der Waals surface area contributed by atoms with Gasteiger partial charge in [-0.25, -0.2) is 4.79 Å². The first-order valence-corrected chi connectivity index (χ1v) is 9.17. The van der Waals surface area contributed by atoms with Crippen LogP contribution in [0.4, 0.5) is 4.79 Å². The van der Waals surface area contributed by atoms with E-state index < -0.39 is 24.6 Å². The second-order valence-electron chi connectivity index (χ2n) is 5.92. The molecule has 0 unspecified atom stereocenters. The number of rotatable bonds is 6. The maximum Gasteiger partial charge on any atom is 0.409 e. The Bertz CT molecular complexity index is 717. The van der Waals surface area contributed by atoms with E-state index in [0.717, 1.165) is 0 Å². The third-order valence-electron chi connectivity index (χ3n) is 4.01. The monoisotopic (exact) mass is 411 g/mol. The molecule has 0 atom stereocenters. The highest BCUT2D eigenvalue weighted by Gasteiger charge is 2.25. The number of amides is 3. The second kappa shape index (κ2) is 10.5. The van der Waals surface area contributed by atoms with Crippen molar-refractivity contribution in [2.24, 2.45) is 0 Å². The van der Waals surface area contributed by atoms with E-state index in [1.54, 1.807) is 19.1 Å². The van der Waals surface area contributed by atoms with Crippen LogP contribution in [-0.4, -0.2) is 79.6 Å². The second-order valence-corrected chi connectivity index (χ2v) is 6.35. The van der Waals surface area contributed by atoms with Crippen molar-refractivity contribution in [1.29, 1.82) is 0 Å². The van der Waals surface area contributed by atoms with E-state index in [2.05, 4.69) is 5.32 Å². The summed E-state index contributed by atoms with van der Waals surface area (Å²) >= 11 is 5.75. The van der Waals surface area contributed by atoms with Crippen LogP contribution in [0, 0.1) is 0 Å². The Hall–Kier alpha value is -2.81. The highest BCUT2D eigenvalue weighted by molar-refractivity contribution is 6.30. The molecule has 0 saturated carbocycles. The molecule has 9 nitrogen and oxygen atoms in total. The third-order valence-corrected chi connectivity index (χ3v) is 4.27. The minimum Gasteiger partial charge on any atom is -0.454 e. The lowest BCUT2D eigenvalue weighted by molar-refractivity contribution is -0.151. The number of benzene rings is 1. The average molecular weight is 412 g/mol. The van der Waals surface area contributed by atoms with E-state index in [-0.39, 0.29) is 12.5 Å². The van der Waals surface area contributed by atoms with Crippen molar-refractivity contribution in [1.82, 2.24) is 15.1 Å². The SMILES string of the molecule is CCOC(=O)N1CCN(C(=O)COC(=O)CNC(=O)c2ccc(Cl)cc2)CC1. The lowest BCUT2D eigenvalue weighted by atomic mass is 10.2. The van der Waals surface area contributed by atoms with Crippen LogP contribution >= 0.6 is 11.6 Å². The molecule has 2 rings (SSSR count). The van der Waals surface area contributed by atoms with Gasteiger partial charge in [-0.3, -0.25) is 14.4 Å². The summed E-state index contributed by atoms with van der Waals surface area (Å²) in [6.07, 6.45) is -0.405. The van der Waals surface area contributed by atoms with Crippen LogP contribution in [0.3, 0.4) is 0 Å². The maximum atomic E-state index is 12.1. The number of hydrogen-bond acceptors (Lipinski definition) is 6. The molecular formula is C18H22ClN3O6. The molecular weight excluding hydrogens is 390 g/mol. The van der Waals surface area contributed by atoms with Crippen molar-refractivity contribution in [2.75, 3.05) is 45.9 Å². The molecule has 3 amide bonds. The fourth-order valence-corrected chi connectivity index (χ4v) is 2.62. The Morgan fingerprint density at radius 1 is 1.00 bits per heavy atom. The van der Waals surface area contributed by atoms with Crippen molar-refractivity contribution < 1.29 is 28.7 Å². The van der Waals surface area contributed by atoms with Gasteiger partial charge in [-0.05, 0) is 31.2 Å². The summed E-state index contributed by atoms with van der Waals surface area (Å²) in [6.45, 7) is 2.63. The third kappa shape index (κ3) is 6.41. The first-order valence-electron chi connectivity index (χ1n) is 8.79. The minimum atomic E-state index is -0.721. The van der Waals surface area contributed by atoms with E-state index in [1.165, 1.54) is 21.9 Å². The van der Waals surface area contributed by atoms with Gasteiger partial charge in [0.15, 0.2) is 6.61 Å². The molecule has 0 aromatic heterocycles. The van der Waals surface area contributed by atoms with E-state index in [0.29, 0.717) is 43.4 Å². The topological polar surface area (TPSA) is 105 Å².